The van der Waals surface area contributed by atoms with E-state index in [0.717, 1.165) is 0 Å². The van der Waals surface area contributed by atoms with Gasteiger partial charge in [-0.1, -0.05) is 40.9 Å². The molecule has 0 aliphatic heterocycles. The zero-order valence-electron chi connectivity index (χ0n) is 9.45. The summed E-state index contributed by atoms with van der Waals surface area (Å²) in [4.78, 5) is 16.0. The Morgan fingerprint density at radius 1 is 1.16 bits per heavy atom. The average molecular weight is 317 g/mol. The SMILES string of the molecule is Nc1cccc(NC(=O)c2c(Cl)cc(Cl)cc2Cl)n1. The topological polar surface area (TPSA) is 68.0 Å². The van der Waals surface area contributed by atoms with Gasteiger partial charge >= 0.3 is 0 Å². The predicted molar refractivity (Wildman–Crippen MR) is 78.1 cm³/mol. The van der Waals surface area contributed by atoms with Crippen molar-refractivity contribution in [3.8, 4) is 0 Å². The van der Waals surface area contributed by atoms with E-state index in [9.17, 15) is 4.79 Å². The lowest BCUT2D eigenvalue weighted by atomic mass is 10.2. The maximum Gasteiger partial charge on any atom is 0.259 e. The molecule has 0 radical (unpaired) electrons. The van der Waals surface area contributed by atoms with Crippen molar-refractivity contribution in [3.63, 3.8) is 0 Å². The number of pyridine rings is 1. The molecule has 19 heavy (non-hydrogen) atoms. The summed E-state index contributed by atoms with van der Waals surface area (Å²) < 4.78 is 0. The Balaban J connectivity index is 2.31. The van der Waals surface area contributed by atoms with Crippen molar-refractivity contribution in [2.24, 2.45) is 0 Å². The van der Waals surface area contributed by atoms with Crippen molar-refractivity contribution in [3.05, 3.63) is 51.0 Å². The first-order valence-corrected chi connectivity index (χ1v) is 6.29. The number of nitrogens with two attached hydrogens (primary N) is 1. The minimum atomic E-state index is -0.482. The number of halogens is 3. The number of nitrogen functional groups attached to an aromatic ring is 1. The molecule has 0 saturated carbocycles. The van der Waals surface area contributed by atoms with Crippen LogP contribution in [-0.4, -0.2) is 10.9 Å². The number of amides is 1. The Hall–Kier alpha value is -1.49. The zero-order chi connectivity index (χ0) is 14.0. The third kappa shape index (κ3) is 3.29. The molecule has 0 bridgehead atoms. The lowest BCUT2D eigenvalue weighted by Gasteiger charge is -2.08. The van der Waals surface area contributed by atoms with Crippen LogP contribution in [0.4, 0.5) is 11.6 Å². The van der Waals surface area contributed by atoms with Crippen LogP contribution in [0.1, 0.15) is 10.4 Å². The lowest BCUT2D eigenvalue weighted by molar-refractivity contribution is 0.102. The molecule has 2 rings (SSSR count). The molecule has 7 heteroatoms. The first kappa shape index (κ1) is 13.9. The Morgan fingerprint density at radius 3 is 2.37 bits per heavy atom. The highest BCUT2D eigenvalue weighted by atomic mass is 35.5. The van der Waals surface area contributed by atoms with Crippen LogP contribution in [0, 0.1) is 0 Å². The molecule has 3 N–H and O–H groups in total. The van der Waals surface area contributed by atoms with Crippen molar-refractivity contribution in [2.75, 3.05) is 11.1 Å². The largest absolute Gasteiger partial charge is 0.384 e. The van der Waals surface area contributed by atoms with Gasteiger partial charge in [-0.25, -0.2) is 4.98 Å². The second kappa shape index (κ2) is 5.65. The summed E-state index contributed by atoms with van der Waals surface area (Å²) in [6.45, 7) is 0. The molecule has 0 aliphatic carbocycles. The van der Waals surface area contributed by atoms with Crippen molar-refractivity contribution < 1.29 is 4.79 Å². The van der Waals surface area contributed by atoms with E-state index in [2.05, 4.69) is 10.3 Å². The molecule has 1 aromatic heterocycles. The Bertz CT molecular complexity index is 623. The zero-order valence-corrected chi connectivity index (χ0v) is 11.7. The molecule has 1 amide bonds. The minimum absolute atomic E-state index is 0.136. The van der Waals surface area contributed by atoms with Crippen LogP contribution >= 0.6 is 34.8 Å². The minimum Gasteiger partial charge on any atom is -0.384 e. The molecule has 2 aromatic rings. The first-order chi connectivity index (χ1) is 8.97. The summed E-state index contributed by atoms with van der Waals surface area (Å²) in [5, 5.41) is 3.24. The summed E-state index contributed by atoms with van der Waals surface area (Å²) in [6, 6.07) is 7.76. The number of anilines is 2. The van der Waals surface area contributed by atoms with Gasteiger partial charge in [-0.05, 0) is 24.3 Å². The van der Waals surface area contributed by atoms with Gasteiger partial charge in [0.25, 0.3) is 5.91 Å². The van der Waals surface area contributed by atoms with Crippen LogP contribution in [0.2, 0.25) is 15.1 Å². The summed E-state index contributed by atoms with van der Waals surface area (Å²) in [5.41, 5.74) is 5.66. The van der Waals surface area contributed by atoms with Gasteiger partial charge in [0, 0.05) is 5.02 Å². The van der Waals surface area contributed by atoms with E-state index in [-0.39, 0.29) is 15.6 Å². The van der Waals surface area contributed by atoms with Gasteiger partial charge in [-0.15, -0.1) is 0 Å². The lowest BCUT2D eigenvalue weighted by Crippen LogP contribution is -2.14. The number of aromatic nitrogens is 1. The Morgan fingerprint density at radius 2 is 1.79 bits per heavy atom. The number of carbonyl (C=O) groups is 1. The van der Waals surface area contributed by atoms with Crippen LogP contribution in [-0.2, 0) is 0 Å². The number of benzene rings is 1. The molecule has 98 valence electrons. The summed E-state index contributed by atoms with van der Waals surface area (Å²) >= 11 is 17.7. The monoisotopic (exact) mass is 315 g/mol. The molecule has 4 nitrogen and oxygen atoms in total. The van der Waals surface area contributed by atoms with Gasteiger partial charge in [-0.3, -0.25) is 4.79 Å². The van der Waals surface area contributed by atoms with Crippen molar-refractivity contribution in [1.29, 1.82) is 0 Å². The van der Waals surface area contributed by atoms with E-state index >= 15 is 0 Å². The summed E-state index contributed by atoms with van der Waals surface area (Å²) in [5.74, 6) is 0.128. The molecule has 0 aliphatic rings. The summed E-state index contributed by atoms with van der Waals surface area (Å²) in [7, 11) is 0. The number of carbonyl (C=O) groups excluding carboxylic acids is 1. The fraction of sp³-hybridized carbons (Fsp3) is 0. The Kier molecular flexibility index (Phi) is 4.14. The van der Waals surface area contributed by atoms with E-state index in [1.54, 1.807) is 18.2 Å². The van der Waals surface area contributed by atoms with Crippen LogP contribution in [0.5, 0.6) is 0 Å². The van der Waals surface area contributed by atoms with Crippen LogP contribution in [0.25, 0.3) is 0 Å². The van der Waals surface area contributed by atoms with Gasteiger partial charge in [0.05, 0.1) is 15.6 Å². The molecule has 0 unspecified atom stereocenters. The molecule has 0 spiro atoms. The number of nitrogens with zero attached hydrogens (tertiary/aromatic N) is 1. The summed E-state index contributed by atoms with van der Waals surface area (Å²) in [6.07, 6.45) is 0. The second-order valence-electron chi connectivity index (χ2n) is 3.65. The average Bonchev–Trinajstić information content (AvgIpc) is 2.27. The standard InChI is InChI=1S/C12H8Cl3N3O/c13-6-4-7(14)11(8(15)5-6)12(19)18-10-3-1-2-9(16)17-10/h1-5H,(H3,16,17,18,19). The smallest absolute Gasteiger partial charge is 0.259 e. The van der Waals surface area contributed by atoms with Crippen LogP contribution in [0.15, 0.2) is 30.3 Å². The van der Waals surface area contributed by atoms with E-state index in [1.165, 1.54) is 12.1 Å². The van der Waals surface area contributed by atoms with E-state index in [1.807, 2.05) is 0 Å². The number of hydrogen-bond acceptors (Lipinski definition) is 3. The van der Waals surface area contributed by atoms with Gasteiger partial charge in [0.1, 0.15) is 11.6 Å². The van der Waals surface area contributed by atoms with Crippen molar-refractivity contribution >= 4 is 52.3 Å². The maximum absolute atomic E-state index is 12.1. The van der Waals surface area contributed by atoms with Crippen LogP contribution in [0.3, 0.4) is 0 Å². The highest BCUT2D eigenvalue weighted by Gasteiger charge is 2.16. The predicted octanol–water partition coefficient (Wildman–Crippen LogP) is 3.88. The Labute approximate surface area is 124 Å². The first-order valence-electron chi connectivity index (χ1n) is 5.16. The molecule has 0 fully saturated rings. The third-order valence-electron chi connectivity index (χ3n) is 2.25. The number of nitrogens with one attached hydrogen (secondary N) is 1. The van der Waals surface area contributed by atoms with E-state index in [4.69, 9.17) is 40.5 Å². The van der Waals surface area contributed by atoms with Crippen molar-refractivity contribution in [1.82, 2.24) is 4.98 Å². The van der Waals surface area contributed by atoms with Gasteiger partial charge in [0.2, 0.25) is 0 Å². The second-order valence-corrected chi connectivity index (χ2v) is 4.90. The number of rotatable bonds is 2. The quantitative estimate of drug-likeness (QED) is 0.883. The molecular weight excluding hydrogens is 309 g/mol. The van der Waals surface area contributed by atoms with Crippen molar-refractivity contribution in [2.45, 2.75) is 0 Å². The maximum atomic E-state index is 12.1. The van der Waals surface area contributed by atoms with Gasteiger partial charge < -0.3 is 11.1 Å². The molecule has 1 aromatic carbocycles. The van der Waals surface area contributed by atoms with Gasteiger partial charge in [0.15, 0.2) is 0 Å². The van der Waals surface area contributed by atoms with Crippen LogP contribution < -0.4 is 11.1 Å². The molecule has 1 heterocycles. The molecular formula is C12H8Cl3N3O. The normalized spacial score (nSPS) is 10.3. The number of hydrogen-bond donors (Lipinski definition) is 2. The third-order valence-corrected chi connectivity index (χ3v) is 3.06. The van der Waals surface area contributed by atoms with E-state index < -0.39 is 5.91 Å². The fourth-order valence-electron chi connectivity index (χ4n) is 1.46. The highest BCUT2D eigenvalue weighted by Crippen LogP contribution is 2.29. The van der Waals surface area contributed by atoms with Gasteiger partial charge in [-0.2, -0.15) is 0 Å². The fourth-order valence-corrected chi connectivity index (χ4v) is 2.45. The highest BCUT2D eigenvalue weighted by molar-refractivity contribution is 6.42. The van der Waals surface area contributed by atoms with E-state index in [0.29, 0.717) is 16.7 Å². The molecule has 0 atom stereocenters. The molecule has 0 saturated heterocycles.